The first-order chi connectivity index (χ1) is 15.6. The number of amides is 1. The zero-order chi connectivity index (χ0) is 22.2. The van der Waals surface area contributed by atoms with Gasteiger partial charge in [-0.05, 0) is 48.9 Å². The summed E-state index contributed by atoms with van der Waals surface area (Å²) in [6.07, 6.45) is 1.67. The van der Waals surface area contributed by atoms with Crippen LogP contribution in [0, 0.1) is 6.92 Å². The van der Waals surface area contributed by atoms with Crippen molar-refractivity contribution in [2.45, 2.75) is 13.0 Å². The number of para-hydroxylation sites is 1. The van der Waals surface area contributed by atoms with Crippen LogP contribution in [-0.4, -0.2) is 12.5 Å². The number of hydrogen-bond donors (Lipinski definition) is 0. The second kappa shape index (κ2) is 7.85. The maximum atomic E-state index is 13.6. The SMILES string of the molecule is C=CCOc1cccc(C2c3c(oc4ccccc4c3=O)C(=O)N2c2ccc(C)cc2)c1. The number of aryl methyl sites for hydroxylation is 1. The molecule has 3 aromatic carbocycles. The van der Waals surface area contributed by atoms with Gasteiger partial charge in [-0.2, -0.15) is 0 Å². The van der Waals surface area contributed by atoms with Gasteiger partial charge in [0, 0.05) is 5.69 Å². The van der Waals surface area contributed by atoms with Gasteiger partial charge in [-0.3, -0.25) is 14.5 Å². The Morgan fingerprint density at radius 3 is 2.59 bits per heavy atom. The Morgan fingerprint density at radius 1 is 1.03 bits per heavy atom. The van der Waals surface area contributed by atoms with Gasteiger partial charge in [-0.25, -0.2) is 0 Å². The molecule has 5 rings (SSSR count). The van der Waals surface area contributed by atoms with E-state index in [1.807, 2.05) is 55.5 Å². The van der Waals surface area contributed by atoms with Crippen LogP contribution >= 0.6 is 0 Å². The molecule has 1 aromatic heterocycles. The molecule has 0 fully saturated rings. The summed E-state index contributed by atoms with van der Waals surface area (Å²) in [7, 11) is 0. The van der Waals surface area contributed by atoms with Gasteiger partial charge in [0.15, 0.2) is 5.43 Å². The summed E-state index contributed by atoms with van der Waals surface area (Å²) in [5, 5.41) is 0.453. The summed E-state index contributed by atoms with van der Waals surface area (Å²) in [4.78, 5) is 28.7. The van der Waals surface area contributed by atoms with E-state index in [4.69, 9.17) is 9.15 Å². The summed E-state index contributed by atoms with van der Waals surface area (Å²) in [5.41, 5.74) is 3.08. The van der Waals surface area contributed by atoms with E-state index in [1.54, 1.807) is 35.2 Å². The van der Waals surface area contributed by atoms with Crippen molar-refractivity contribution < 1.29 is 13.9 Å². The van der Waals surface area contributed by atoms with Crippen LogP contribution in [0.1, 0.15) is 33.3 Å². The average molecular weight is 423 g/mol. The minimum absolute atomic E-state index is 0.0803. The molecule has 1 aliphatic rings. The molecule has 0 saturated carbocycles. The van der Waals surface area contributed by atoms with Crippen LogP contribution in [-0.2, 0) is 0 Å². The molecule has 32 heavy (non-hydrogen) atoms. The third-order valence-electron chi connectivity index (χ3n) is 5.63. The molecular formula is C27H21NO4. The van der Waals surface area contributed by atoms with Crippen LogP contribution in [0.25, 0.3) is 11.0 Å². The number of carbonyl (C=O) groups excluding carboxylic acids is 1. The molecule has 0 aliphatic carbocycles. The lowest BCUT2D eigenvalue weighted by Crippen LogP contribution is -2.29. The molecule has 1 amide bonds. The predicted octanol–water partition coefficient (Wildman–Crippen LogP) is 5.42. The van der Waals surface area contributed by atoms with Gasteiger partial charge in [0.25, 0.3) is 5.91 Å². The zero-order valence-electron chi connectivity index (χ0n) is 17.6. The number of anilines is 1. The number of nitrogens with zero attached hydrogens (tertiary/aromatic N) is 1. The summed E-state index contributed by atoms with van der Waals surface area (Å²) >= 11 is 0. The standard InChI is InChI=1S/C27H21NO4/c1-3-15-31-20-8-6-7-18(16-20)24-23-25(29)21-9-4-5-10-22(21)32-26(23)27(30)28(24)19-13-11-17(2)12-14-19/h3-14,16,24H,1,15H2,2H3. The summed E-state index contributed by atoms with van der Waals surface area (Å²) in [6.45, 7) is 6.03. The zero-order valence-corrected chi connectivity index (χ0v) is 17.6. The number of ether oxygens (including phenoxy) is 1. The fraction of sp³-hybridized carbons (Fsp3) is 0.111. The Bertz CT molecular complexity index is 1400. The maximum Gasteiger partial charge on any atom is 0.295 e. The van der Waals surface area contributed by atoms with E-state index in [0.717, 1.165) is 11.1 Å². The third-order valence-corrected chi connectivity index (χ3v) is 5.63. The smallest absolute Gasteiger partial charge is 0.295 e. The third kappa shape index (κ3) is 3.19. The monoisotopic (exact) mass is 423 g/mol. The fourth-order valence-corrected chi connectivity index (χ4v) is 4.14. The highest BCUT2D eigenvalue weighted by Crippen LogP contribution is 2.41. The molecule has 5 nitrogen and oxygen atoms in total. The van der Waals surface area contributed by atoms with E-state index in [-0.39, 0.29) is 17.1 Å². The predicted molar refractivity (Wildman–Crippen MR) is 124 cm³/mol. The Morgan fingerprint density at radius 2 is 1.81 bits per heavy atom. The molecule has 1 atom stereocenters. The maximum absolute atomic E-state index is 13.6. The fourth-order valence-electron chi connectivity index (χ4n) is 4.14. The molecule has 1 aliphatic heterocycles. The molecule has 5 heteroatoms. The second-order valence-electron chi connectivity index (χ2n) is 7.76. The quantitative estimate of drug-likeness (QED) is 0.403. The van der Waals surface area contributed by atoms with E-state index in [0.29, 0.717) is 34.6 Å². The van der Waals surface area contributed by atoms with Gasteiger partial charge < -0.3 is 9.15 Å². The molecule has 0 bridgehead atoms. The van der Waals surface area contributed by atoms with Crippen LogP contribution < -0.4 is 15.1 Å². The van der Waals surface area contributed by atoms with Crippen molar-refractivity contribution in [3.05, 3.63) is 118 Å². The van der Waals surface area contributed by atoms with E-state index in [1.165, 1.54) is 0 Å². The number of rotatable bonds is 5. The highest BCUT2D eigenvalue weighted by atomic mass is 16.5. The van der Waals surface area contributed by atoms with E-state index < -0.39 is 6.04 Å². The Balaban J connectivity index is 1.75. The molecular weight excluding hydrogens is 402 g/mol. The molecule has 1 unspecified atom stereocenters. The Hall–Kier alpha value is -4.12. The minimum atomic E-state index is -0.631. The van der Waals surface area contributed by atoms with Crippen molar-refractivity contribution in [1.29, 1.82) is 0 Å². The molecule has 0 spiro atoms. The lowest BCUT2D eigenvalue weighted by molar-refractivity contribution is 0.0971. The summed E-state index contributed by atoms with van der Waals surface area (Å²) in [5.74, 6) is 0.378. The van der Waals surface area contributed by atoms with Gasteiger partial charge in [0.2, 0.25) is 5.76 Å². The van der Waals surface area contributed by atoms with Crippen LogP contribution in [0.3, 0.4) is 0 Å². The normalized spacial score (nSPS) is 15.1. The van der Waals surface area contributed by atoms with Gasteiger partial charge in [0.1, 0.15) is 17.9 Å². The molecule has 2 heterocycles. The first kappa shape index (κ1) is 19.8. The second-order valence-corrected chi connectivity index (χ2v) is 7.76. The van der Waals surface area contributed by atoms with Crippen molar-refractivity contribution in [1.82, 2.24) is 0 Å². The summed E-state index contributed by atoms with van der Waals surface area (Å²) < 4.78 is 11.7. The Kier molecular flexibility index (Phi) is 4.86. The first-order valence-electron chi connectivity index (χ1n) is 10.4. The van der Waals surface area contributed by atoms with Crippen LogP contribution in [0.4, 0.5) is 5.69 Å². The lowest BCUT2D eigenvalue weighted by Gasteiger charge is -2.25. The van der Waals surface area contributed by atoms with Crippen molar-refractivity contribution in [3.63, 3.8) is 0 Å². The topological polar surface area (TPSA) is 59.8 Å². The van der Waals surface area contributed by atoms with E-state index in [2.05, 4.69) is 6.58 Å². The number of carbonyl (C=O) groups is 1. The highest BCUT2D eigenvalue weighted by Gasteiger charge is 2.43. The van der Waals surface area contributed by atoms with Crippen molar-refractivity contribution >= 4 is 22.6 Å². The highest BCUT2D eigenvalue weighted by molar-refractivity contribution is 6.10. The van der Waals surface area contributed by atoms with Crippen molar-refractivity contribution in [3.8, 4) is 5.75 Å². The molecule has 0 N–H and O–H groups in total. The largest absolute Gasteiger partial charge is 0.490 e. The molecule has 4 aromatic rings. The number of benzene rings is 3. The minimum Gasteiger partial charge on any atom is -0.490 e. The molecule has 0 radical (unpaired) electrons. The van der Waals surface area contributed by atoms with Crippen LogP contribution in [0.5, 0.6) is 5.75 Å². The Labute approximate surface area is 185 Å². The van der Waals surface area contributed by atoms with Crippen molar-refractivity contribution in [2.24, 2.45) is 0 Å². The van der Waals surface area contributed by atoms with Crippen LogP contribution in [0.15, 0.2) is 94.7 Å². The summed E-state index contributed by atoms with van der Waals surface area (Å²) in [6, 6.07) is 21.5. The molecule has 158 valence electrons. The first-order valence-corrected chi connectivity index (χ1v) is 10.4. The number of fused-ring (bicyclic) bond motifs is 2. The van der Waals surface area contributed by atoms with E-state index >= 15 is 0 Å². The van der Waals surface area contributed by atoms with Gasteiger partial charge in [-0.15, -0.1) is 0 Å². The lowest BCUT2D eigenvalue weighted by atomic mass is 9.98. The number of hydrogen-bond acceptors (Lipinski definition) is 4. The van der Waals surface area contributed by atoms with Gasteiger partial charge in [0.05, 0.1) is 17.0 Å². The average Bonchev–Trinajstić information content (AvgIpc) is 3.11. The van der Waals surface area contributed by atoms with Crippen LogP contribution in [0.2, 0.25) is 0 Å². The van der Waals surface area contributed by atoms with Gasteiger partial charge in [-0.1, -0.05) is 54.6 Å². The molecule has 0 saturated heterocycles. The van der Waals surface area contributed by atoms with Gasteiger partial charge >= 0.3 is 0 Å². The van der Waals surface area contributed by atoms with E-state index in [9.17, 15) is 9.59 Å². The van der Waals surface area contributed by atoms with Crippen molar-refractivity contribution in [2.75, 3.05) is 11.5 Å².